The lowest BCUT2D eigenvalue weighted by atomic mass is 10.0. The number of rotatable bonds is 4. The minimum absolute atomic E-state index is 0.0454. The van der Waals surface area contributed by atoms with E-state index in [1.54, 1.807) is 6.07 Å². The number of nitrogens with zero attached hydrogens (tertiary/aromatic N) is 3. The van der Waals surface area contributed by atoms with Crippen molar-refractivity contribution in [1.29, 1.82) is 5.26 Å². The Bertz CT molecular complexity index is 805. The van der Waals surface area contributed by atoms with E-state index < -0.39 is 6.61 Å². The molecule has 0 spiro atoms. The van der Waals surface area contributed by atoms with Gasteiger partial charge in [-0.3, -0.25) is 4.98 Å². The highest BCUT2D eigenvalue weighted by molar-refractivity contribution is 5.95. The van der Waals surface area contributed by atoms with Crippen molar-refractivity contribution in [1.82, 2.24) is 4.98 Å². The summed E-state index contributed by atoms with van der Waals surface area (Å²) in [6.45, 7) is 3.06. The van der Waals surface area contributed by atoms with Gasteiger partial charge >= 0.3 is 6.61 Å². The summed E-state index contributed by atoms with van der Waals surface area (Å²) in [5.74, 6) is 0.383. The van der Waals surface area contributed by atoms with Gasteiger partial charge in [0.05, 0.1) is 29.5 Å². The quantitative estimate of drug-likeness (QED) is 0.846. The van der Waals surface area contributed by atoms with Crippen LogP contribution >= 0.6 is 0 Å². The number of benzene rings is 1. The van der Waals surface area contributed by atoms with Crippen molar-refractivity contribution >= 4 is 16.6 Å². The number of nitriles is 1. The molecule has 0 bridgehead atoms. The van der Waals surface area contributed by atoms with E-state index in [1.165, 1.54) is 18.3 Å². The molecule has 1 aromatic heterocycles. The minimum atomic E-state index is -2.90. The molecule has 1 aliphatic rings. The second-order valence-corrected chi connectivity index (χ2v) is 6.29. The van der Waals surface area contributed by atoms with Gasteiger partial charge < -0.3 is 14.4 Å². The summed E-state index contributed by atoms with van der Waals surface area (Å²) in [7, 11) is 0. The molecule has 0 amide bonds. The van der Waals surface area contributed by atoms with Crippen molar-refractivity contribution in [2.75, 3.05) is 24.6 Å². The fourth-order valence-electron chi connectivity index (χ4n) is 3.04. The van der Waals surface area contributed by atoms with Crippen LogP contribution in [0.1, 0.15) is 19.4 Å². The lowest BCUT2D eigenvalue weighted by Gasteiger charge is -2.37. The van der Waals surface area contributed by atoms with Crippen molar-refractivity contribution in [2.45, 2.75) is 26.6 Å². The Morgan fingerprint density at radius 3 is 2.88 bits per heavy atom. The first-order valence-corrected chi connectivity index (χ1v) is 8.14. The number of hydrogen-bond acceptors (Lipinski definition) is 5. The molecule has 0 N–H and O–H groups in total. The number of hydrogen-bond donors (Lipinski definition) is 0. The first-order chi connectivity index (χ1) is 12.0. The summed E-state index contributed by atoms with van der Waals surface area (Å²) in [5, 5.41) is 10.1. The summed E-state index contributed by atoms with van der Waals surface area (Å²) in [4.78, 5) is 6.33. The number of alkyl halides is 2. The molecule has 1 aromatic carbocycles. The zero-order valence-electron chi connectivity index (χ0n) is 14.1. The summed E-state index contributed by atoms with van der Waals surface area (Å²) in [6, 6.07) is 6.75. The predicted molar refractivity (Wildman–Crippen MR) is 89.9 cm³/mol. The van der Waals surface area contributed by atoms with Crippen LogP contribution in [0, 0.1) is 17.2 Å². The smallest absolute Gasteiger partial charge is 0.387 e. The molecule has 1 saturated heterocycles. The predicted octanol–water partition coefficient (Wildman–Crippen LogP) is 3.57. The number of fused-ring (bicyclic) bond motifs is 1. The Balaban J connectivity index is 2.09. The van der Waals surface area contributed by atoms with Crippen LogP contribution in [0.25, 0.3) is 10.9 Å². The standard InChI is InChI=1S/C18H19F2N3O2/c1-11(2)16-10-23(5-6-24-16)17-12(8-21)9-22-15-4-3-13(7-14(15)17)25-18(19)20/h3-4,7,9,11,16,18H,5-6,10H2,1-2H3/t16-/m0/s1. The first kappa shape index (κ1) is 17.4. The lowest BCUT2D eigenvalue weighted by molar-refractivity contribution is -0.0497. The highest BCUT2D eigenvalue weighted by Gasteiger charge is 2.26. The van der Waals surface area contributed by atoms with Crippen LogP contribution in [0.5, 0.6) is 5.75 Å². The van der Waals surface area contributed by atoms with Crippen molar-refractivity contribution in [3.63, 3.8) is 0 Å². The van der Waals surface area contributed by atoms with Crippen molar-refractivity contribution in [3.05, 3.63) is 30.0 Å². The highest BCUT2D eigenvalue weighted by atomic mass is 19.3. The molecule has 5 nitrogen and oxygen atoms in total. The molecular weight excluding hydrogens is 328 g/mol. The van der Waals surface area contributed by atoms with E-state index in [9.17, 15) is 14.0 Å². The van der Waals surface area contributed by atoms with Crippen LogP contribution < -0.4 is 9.64 Å². The molecule has 7 heteroatoms. The van der Waals surface area contributed by atoms with E-state index in [0.717, 1.165) is 0 Å². The molecular formula is C18H19F2N3O2. The van der Waals surface area contributed by atoms with E-state index in [1.807, 2.05) is 0 Å². The van der Waals surface area contributed by atoms with E-state index in [0.29, 0.717) is 47.8 Å². The monoisotopic (exact) mass is 347 g/mol. The van der Waals surface area contributed by atoms with E-state index in [-0.39, 0.29) is 11.9 Å². The zero-order chi connectivity index (χ0) is 18.0. The van der Waals surface area contributed by atoms with Gasteiger partial charge in [-0.05, 0) is 24.1 Å². The molecule has 0 aliphatic carbocycles. The maximum atomic E-state index is 12.5. The SMILES string of the molecule is CC(C)[C@@H]1CN(c2c(C#N)cnc3ccc(OC(F)F)cc23)CCO1. The van der Waals surface area contributed by atoms with Crippen LogP contribution in [0.2, 0.25) is 0 Å². The van der Waals surface area contributed by atoms with Gasteiger partial charge in [0.15, 0.2) is 0 Å². The second kappa shape index (κ2) is 7.19. The largest absolute Gasteiger partial charge is 0.435 e. The van der Waals surface area contributed by atoms with Gasteiger partial charge in [-0.1, -0.05) is 13.8 Å². The summed E-state index contributed by atoms with van der Waals surface area (Å²) in [5.41, 5.74) is 1.73. The van der Waals surface area contributed by atoms with E-state index in [2.05, 4.69) is 34.5 Å². The van der Waals surface area contributed by atoms with Crippen molar-refractivity contribution < 1.29 is 18.3 Å². The number of aromatic nitrogens is 1. The van der Waals surface area contributed by atoms with Crippen molar-refractivity contribution in [3.8, 4) is 11.8 Å². The minimum Gasteiger partial charge on any atom is -0.435 e. The molecule has 3 rings (SSSR count). The van der Waals surface area contributed by atoms with Crippen LogP contribution in [0.4, 0.5) is 14.5 Å². The normalized spacial score (nSPS) is 18.0. The second-order valence-electron chi connectivity index (χ2n) is 6.29. The average molecular weight is 347 g/mol. The maximum Gasteiger partial charge on any atom is 0.387 e. The van der Waals surface area contributed by atoms with Crippen LogP contribution in [0.15, 0.2) is 24.4 Å². The van der Waals surface area contributed by atoms with E-state index >= 15 is 0 Å². The Morgan fingerprint density at radius 2 is 2.20 bits per heavy atom. The Morgan fingerprint density at radius 1 is 1.40 bits per heavy atom. The molecule has 1 aliphatic heterocycles. The van der Waals surface area contributed by atoms with Crippen LogP contribution in [-0.4, -0.2) is 37.4 Å². The molecule has 2 heterocycles. The number of halogens is 2. The first-order valence-electron chi connectivity index (χ1n) is 8.14. The van der Waals surface area contributed by atoms with Gasteiger partial charge in [0.2, 0.25) is 0 Å². The maximum absolute atomic E-state index is 12.5. The molecule has 0 saturated carbocycles. The Kier molecular flexibility index (Phi) is 5.00. The molecule has 0 radical (unpaired) electrons. The summed E-state index contributed by atoms with van der Waals surface area (Å²) in [6.07, 6.45) is 1.56. The van der Waals surface area contributed by atoms with Crippen LogP contribution in [-0.2, 0) is 4.74 Å². The summed E-state index contributed by atoms with van der Waals surface area (Å²) >= 11 is 0. The molecule has 2 aromatic rings. The van der Waals surface area contributed by atoms with Gasteiger partial charge in [0, 0.05) is 24.7 Å². The highest BCUT2D eigenvalue weighted by Crippen LogP contribution is 2.34. The molecule has 1 atom stereocenters. The number of anilines is 1. The van der Waals surface area contributed by atoms with Gasteiger partial charge in [0.1, 0.15) is 11.8 Å². The van der Waals surface area contributed by atoms with Crippen LogP contribution in [0.3, 0.4) is 0 Å². The lowest BCUT2D eigenvalue weighted by Crippen LogP contribution is -2.45. The third-order valence-electron chi connectivity index (χ3n) is 4.31. The van der Waals surface area contributed by atoms with Gasteiger partial charge in [-0.2, -0.15) is 14.0 Å². The number of ether oxygens (including phenoxy) is 2. The van der Waals surface area contributed by atoms with Gasteiger partial charge in [-0.15, -0.1) is 0 Å². The molecule has 25 heavy (non-hydrogen) atoms. The number of morpholine rings is 1. The topological polar surface area (TPSA) is 58.4 Å². The Labute approximate surface area is 144 Å². The fourth-order valence-corrected chi connectivity index (χ4v) is 3.04. The average Bonchev–Trinajstić information content (AvgIpc) is 2.60. The Hall–Kier alpha value is -2.46. The molecule has 1 fully saturated rings. The van der Waals surface area contributed by atoms with Crippen molar-refractivity contribution in [2.24, 2.45) is 5.92 Å². The van der Waals surface area contributed by atoms with Gasteiger partial charge in [0.25, 0.3) is 0 Å². The van der Waals surface area contributed by atoms with E-state index in [4.69, 9.17) is 4.74 Å². The number of pyridine rings is 1. The summed E-state index contributed by atoms with van der Waals surface area (Å²) < 4.78 is 35.4. The third kappa shape index (κ3) is 3.64. The fraction of sp³-hybridized carbons (Fsp3) is 0.444. The third-order valence-corrected chi connectivity index (χ3v) is 4.31. The van der Waals surface area contributed by atoms with Gasteiger partial charge in [-0.25, -0.2) is 0 Å². The molecule has 132 valence electrons. The zero-order valence-corrected chi connectivity index (χ0v) is 14.1. The molecule has 0 unspecified atom stereocenters.